The maximum atomic E-state index is 12.8. The van der Waals surface area contributed by atoms with Crippen molar-refractivity contribution in [3.63, 3.8) is 0 Å². The second-order valence-electron chi connectivity index (χ2n) is 3.75. The van der Waals surface area contributed by atoms with E-state index in [0.29, 0.717) is 5.82 Å². The first-order valence-corrected chi connectivity index (χ1v) is 5.73. The van der Waals surface area contributed by atoms with Crippen molar-refractivity contribution in [3.05, 3.63) is 52.7 Å². The van der Waals surface area contributed by atoms with E-state index < -0.39 is 11.7 Å². The summed E-state index contributed by atoms with van der Waals surface area (Å²) in [6.45, 7) is 0.00595. The van der Waals surface area contributed by atoms with Gasteiger partial charge in [0.1, 0.15) is 5.82 Å². The van der Waals surface area contributed by atoms with Gasteiger partial charge in [0.05, 0.1) is 5.56 Å². The predicted octanol–water partition coefficient (Wildman–Crippen LogP) is 3.76. The molecule has 0 radical (unpaired) electrons. The molecule has 2 aromatic rings. The summed E-state index contributed by atoms with van der Waals surface area (Å²) in [5.41, 5.74) is -0.517. The lowest BCUT2D eigenvalue weighted by atomic mass is 10.1. The van der Waals surface area contributed by atoms with Crippen molar-refractivity contribution in [1.29, 1.82) is 0 Å². The number of hydrogen-bond acceptors (Lipinski definition) is 3. The third-order valence-corrected chi connectivity index (χ3v) is 2.62. The molecule has 3 nitrogen and oxygen atoms in total. The van der Waals surface area contributed by atoms with Crippen LogP contribution in [0.3, 0.4) is 0 Å². The van der Waals surface area contributed by atoms with Gasteiger partial charge >= 0.3 is 6.18 Å². The van der Waals surface area contributed by atoms with E-state index in [9.17, 15) is 13.2 Å². The van der Waals surface area contributed by atoms with Gasteiger partial charge in [-0.25, -0.2) is 0 Å². The Morgan fingerprint density at radius 2 is 1.79 bits per heavy atom. The molecule has 1 heterocycles. The first-order chi connectivity index (χ1) is 8.97. The molecular weight excluding hydrogens is 279 g/mol. The van der Waals surface area contributed by atoms with Crippen LogP contribution in [-0.4, -0.2) is 10.2 Å². The van der Waals surface area contributed by atoms with Crippen molar-refractivity contribution < 1.29 is 13.2 Å². The first-order valence-electron chi connectivity index (χ1n) is 5.35. The van der Waals surface area contributed by atoms with Crippen LogP contribution < -0.4 is 5.32 Å². The maximum absolute atomic E-state index is 12.8. The average Bonchev–Trinajstić information content (AvgIpc) is 2.37. The highest BCUT2D eigenvalue weighted by molar-refractivity contribution is 6.29. The molecule has 0 saturated heterocycles. The molecule has 0 saturated carbocycles. The van der Waals surface area contributed by atoms with Crippen molar-refractivity contribution in [2.75, 3.05) is 5.32 Å². The molecule has 0 atom stereocenters. The molecule has 1 aromatic heterocycles. The second kappa shape index (κ2) is 5.44. The van der Waals surface area contributed by atoms with Crippen molar-refractivity contribution >= 4 is 17.4 Å². The number of hydrogen-bond donors (Lipinski definition) is 1. The fourth-order valence-electron chi connectivity index (χ4n) is 1.55. The highest BCUT2D eigenvalue weighted by Gasteiger charge is 2.32. The smallest absolute Gasteiger partial charge is 0.364 e. The Hall–Kier alpha value is -1.82. The molecule has 1 N–H and O–H groups in total. The molecule has 0 unspecified atom stereocenters. The van der Waals surface area contributed by atoms with E-state index in [2.05, 4.69) is 15.5 Å². The fourth-order valence-corrected chi connectivity index (χ4v) is 1.65. The van der Waals surface area contributed by atoms with Crippen LogP contribution in [0.25, 0.3) is 0 Å². The number of rotatable bonds is 3. The lowest BCUT2D eigenvalue weighted by Gasteiger charge is -2.13. The van der Waals surface area contributed by atoms with Crippen LogP contribution in [0.15, 0.2) is 36.4 Å². The van der Waals surface area contributed by atoms with Crippen molar-refractivity contribution in [3.8, 4) is 0 Å². The van der Waals surface area contributed by atoms with E-state index in [-0.39, 0.29) is 17.3 Å². The minimum atomic E-state index is -4.37. The van der Waals surface area contributed by atoms with Crippen molar-refractivity contribution in [2.24, 2.45) is 0 Å². The third-order valence-electron chi connectivity index (χ3n) is 2.41. The Morgan fingerprint density at radius 3 is 2.42 bits per heavy atom. The summed E-state index contributed by atoms with van der Waals surface area (Å²) in [7, 11) is 0. The van der Waals surface area contributed by atoms with Gasteiger partial charge < -0.3 is 5.32 Å². The maximum Gasteiger partial charge on any atom is 0.416 e. The average molecular weight is 288 g/mol. The molecular formula is C12H9ClF3N3. The largest absolute Gasteiger partial charge is 0.416 e. The fraction of sp³-hybridized carbons (Fsp3) is 0.167. The molecule has 7 heteroatoms. The molecule has 19 heavy (non-hydrogen) atoms. The number of nitrogens with one attached hydrogen (secondary N) is 1. The number of alkyl halides is 3. The van der Waals surface area contributed by atoms with Gasteiger partial charge in [0.15, 0.2) is 5.15 Å². The van der Waals surface area contributed by atoms with E-state index in [1.54, 1.807) is 12.1 Å². The Balaban J connectivity index is 2.14. The predicted molar refractivity (Wildman–Crippen MR) is 65.8 cm³/mol. The summed E-state index contributed by atoms with van der Waals surface area (Å²) in [6.07, 6.45) is -4.37. The summed E-state index contributed by atoms with van der Waals surface area (Å²) in [5.74, 6) is 0.362. The molecule has 0 aliphatic heterocycles. The number of anilines is 1. The summed E-state index contributed by atoms with van der Waals surface area (Å²) in [5, 5.41) is 10.3. The van der Waals surface area contributed by atoms with E-state index in [4.69, 9.17) is 11.6 Å². The van der Waals surface area contributed by atoms with Crippen LogP contribution in [-0.2, 0) is 12.7 Å². The van der Waals surface area contributed by atoms with E-state index in [1.165, 1.54) is 18.2 Å². The summed E-state index contributed by atoms with van der Waals surface area (Å²) in [4.78, 5) is 0. The normalized spacial score (nSPS) is 11.4. The van der Waals surface area contributed by atoms with Crippen molar-refractivity contribution in [1.82, 2.24) is 10.2 Å². The molecule has 0 amide bonds. The molecule has 0 aliphatic rings. The molecule has 0 spiro atoms. The van der Waals surface area contributed by atoms with Gasteiger partial charge in [-0.1, -0.05) is 29.8 Å². The summed E-state index contributed by atoms with van der Waals surface area (Å²) in [6, 6.07) is 8.43. The highest BCUT2D eigenvalue weighted by Crippen LogP contribution is 2.32. The summed E-state index contributed by atoms with van der Waals surface area (Å²) < 4.78 is 38.3. The number of aromatic nitrogens is 2. The third kappa shape index (κ3) is 3.57. The van der Waals surface area contributed by atoms with Gasteiger partial charge in [-0.15, -0.1) is 10.2 Å². The number of halogens is 4. The Morgan fingerprint density at radius 1 is 1.05 bits per heavy atom. The highest BCUT2D eigenvalue weighted by atomic mass is 35.5. The van der Waals surface area contributed by atoms with Crippen LogP contribution in [0.1, 0.15) is 11.1 Å². The van der Waals surface area contributed by atoms with Crippen LogP contribution in [0, 0.1) is 0 Å². The van der Waals surface area contributed by atoms with Crippen molar-refractivity contribution in [2.45, 2.75) is 12.7 Å². The Kier molecular flexibility index (Phi) is 3.90. The Bertz CT molecular complexity index is 555. The van der Waals surface area contributed by atoms with Gasteiger partial charge in [0.2, 0.25) is 0 Å². The van der Waals surface area contributed by atoms with Gasteiger partial charge in [-0.3, -0.25) is 0 Å². The lowest BCUT2D eigenvalue weighted by Crippen LogP contribution is -2.12. The zero-order valence-electron chi connectivity index (χ0n) is 9.58. The van der Waals surface area contributed by atoms with E-state index >= 15 is 0 Å². The van der Waals surface area contributed by atoms with Crippen LogP contribution in [0.4, 0.5) is 19.0 Å². The van der Waals surface area contributed by atoms with E-state index in [1.807, 2.05) is 0 Å². The summed E-state index contributed by atoms with van der Waals surface area (Å²) >= 11 is 5.56. The van der Waals surface area contributed by atoms with Gasteiger partial charge in [0, 0.05) is 6.54 Å². The van der Waals surface area contributed by atoms with Crippen LogP contribution in [0.2, 0.25) is 5.15 Å². The molecule has 100 valence electrons. The molecule has 0 fully saturated rings. The lowest BCUT2D eigenvalue weighted by molar-refractivity contribution is -0.138. The first kappa shape index (κ1) is 13.6. The number of benzene rings is 1. The second-order valence-corrected chi connectivity index (χ2v) is 4.14. The van der Waals surface area contributed by atoms with Crippen LogP contribution >= 0.6 is 11.6 Å². The standard InChI is InChI=1S/C12H9ClF3N3/c13-10-5-6-11(19-18-10)17-7-8-3-1-2-4-9(8)12(14,15)16/h1-6H,7H2,(H,17,19). The Labute approximate surface area is 112 Å². The SMILES string of the molecule is FC(F)(F)c1ccccc1CNc1ccc(Cl)nn1. The molecule has 2 rings (SSSR count). The van der Waals surface area contributed by atoms with Gasteiger partial charge in [0.25, 0.3) is 0 Å². The number of nitrogens with zero attached hydrogens (tertiary/aromatic N) is 2. The zero-order chi connectivity index (χ0) is 13.9. The monoisotopic (exact) mass is 287 g/mol. The minimum Gasteiger partial charge on any atom is -0.364 e. The van der Waals surface area contributed by atoms with Gasteiger partial charge in [-0.05, 0) is 23.8 Å². The molecule has 0 bridgehead atoms. The van der Waals surface area contributed by atoms with Crippen LogP contribution in [0.5, 0.6) is 0 Å². The van der Waals surface area contributed by atoms with E-state index in [0.717, 1.165) is 6.07 Å². The topological polar surface area (TPSA) is 37.8 Å². The quantitative estimate of drug-likeness (QED) is 0.934. The molecule has 1 aromatic carbocycles. The zero-order valence-corrected chi connectivity index (χ0v) is 10.3. The molecule has 0 aliphatic carbocycles. The minimum absolute atomic E-state index is 0.00595. The van der Waals surface area contributed by atoms with Gasteiger partial charge in [-0.2, -0.15) is 13.2 Å².